The minimum absolute atomic E-state index is 0.107. The maximum atomic E-state index is 12.0. The van der Waals surface area contributed by atoms with Crippen molar-refractivity contribution in [2.24, 2.45) is 11.7 Å². The van der Waals surface area contributed by atoms with Gasteiger partial charge in [0.15, 0.2) is 5.82 Å². The van der Waals surface area contributed by atoms with Crippen LogP contribution in [0.3, 0.4) is 0 Å². The van der Waals surface area contributed by atoms with Gasteiger partial charge in [-0.2, -0.15) is 4.98 Å². The van der Waals surface area contributed by atoms with Crippen LogP contribution in [0.25, 0.3) is 0 Å². The molecule has 1 heterocycles. The second-order valence-electron chi connectivity index (χ2n) is 6.07. The summed E-state index contributed by atoms with van der Waals surface area (Å²) in [6, 6.07) is 0. The van der Waals surface area contributed by atoms with Gasteiger partial charge in [0.1, 0.15) is 0 Å². The third-order valence-electron chi connectivity index (χ3n) is 4.55. The predicted octanol–water partition coefficient (Wildman–Crippen LogP) is 1.60. The predicted molar refractivity (Wildman–Crippen MR) is 72.4 cm³/mol. The van der Waals surface area contributed by atoms with Crippen LogP contribution in [0.15, 0.2) is 4.52 Å². The van der Waals surface area contributed by atoms with E-state index in [1.54, 1.807) is 0 Å². The highest BCUT2D eigenvalue weighted by Crippen LogP contribution is 2.36. The number of nitrogens with one attached hydrogen (secondary N) is 1. The molecule has 0 aromatic carbocycles. The number of hydrogen-bond donors (Lipinski definition) is 2. The molecule has 0 bridgehead atoms. The first-order chi connectivity index (χ1) is 9.67. The van der Waals surface area contributed by atoms with Crippen molar-refractivity contribution >= 4 is 5.91 Å². The molecule has 0 unspecified atom stereocenters. The summed E-state index contributed by atoms with van der Waals surface area (Å²) >= 11 is 0. The van der Waals surface area contributed by atoms with Crippen molar-refractivity contribution in [1.29, 1.82) is 0 Å². The first-order valence-electron chi connectivity index (χ1n) is 7.57. The Morgan fingerprint density at radius 1 is 1.30 bits per heavy atom. The van der Waals surface area contributed by atoms with Gasteiger partial charge in [-0.15, -0.1) is 0 Å². The topological polar surface area (TPSA) is 94.0 Å². The standard InChI is InChI=1S/C14H22N4O2/c15-14(7-4-8-14)13-17-11(20-18-13)9-16-12(19)10-5-2-1-3-6-10/h10H,1-9,15H2,(H,16,19). The third-order valence-corrected chi connectivity index (χ3v) is 4.55. The summed E-state index contributed by atoms with van der Waals surface area (Å²) in [7, 11) is 0. The molecular weight excluding hydrogens is 256 g/mol. The van der Waals surface area contributed by atoms with E-state index in [0.29, 0.717) is 18.3 Å². The van der Waals surface area contributed by atoms with E-state index in [2.05, 4.69) is 15.5 Å². The highest BCUT2D eigenvalue weighted by Gasteiger charge is 2.39. The number of nitrogens with zero attached hydrogens (tertiary/aromatic N) is 2. The lowest BCUT2D eigenvalue weighted by Gasteiger charge is -2.34. The van der Waals surface area contributed by atoms with Gasteiger partial charge in [-0.1, -0.05) is 24.4 Å². The van der Waals surface area contributed by atoms with Crippen molar-refractivity contribution in [3.63, 3.8) is 0 Å². The zero-order valence-electron chi connectivity index (χ0n) is 11.7. The second kappa shape index (κ2) is 5.52. The Morgan fingerprint density at radius 3 is 2.70 bits per heavy atom. The summed E-state index contributed by atoms with van der Waals surface area (Å²) in [5.41, 5.74) is 5.73. The molecule has 0 saturated heterocycles. The molecule has 20 heavy (non-hydrogen) atoms. The largest absolute Gasteiger partial charge is 0.347 e. The van der Waals surface area contributed by atoms with Crippen LogP contribution in [0.5, 0.6) is 0 Å². The fourth-order valence-electron chi connectivity index (χ4n) is 2.98. The van der Waals surface area contributed by atoms with E-state index in [1.807, 2.05) is 0 Å². The maximum Gasteiger partial charge on any atom is 0.246 e. The monoisotopic (exact) mass is 278 g/mol. The normalized spacial score (nSPS) is 22.2. The lowest BCUT2D eigenvalue weighted by Crippen LogP contribution is -2.44. The van der Waals surface area contributed by atoms with Crippen LogP contribution in [0, 0.1) is 5.92 Å². The zero-order valence-corrected chi connectivity index (χ0v) is 11.7. The van der Waals surface area contributed by atoms with Crippen molar-refractivity contribution in [2.45, 2.75) is 63.5 Å². The molecule has 2 fully saturated rings. The minimum atomic E-state index is -0.408. The average molecular weight is 278 g/mol. The van der Waals surface area contributed by atoms with E-state index < -0.39 is 5.54 Å². The summed E-state index contributed by atoms with van der Waals surface area (Å²) in [6.45, 7) is 0.304. The van der Waals surface area contributed by atoms with Gasteiger partial charge in [0, 0.05) is 5.92 Å². The smallest absolute Gasteiger partial charge is 0.246 e. The van der Waals surface area contributed by atoms with Gasteiger partial charge >= 0.3 is 0 Å². The van der Waals surface area contributed by atoms with Gasteiger partial charge in [-0.05, 0) is 32.1 Å². The number of aromatic nitrogens is 2. The molecule has 6 nitrogen and oxygen atoms in total. The first-order valence-corrected chi connectivity index (χ1v) is 7.57. The molecule has 110 valence electrons. The van der Waals surface area contributed by atoms with E-state index in [9.17, 15) is 4.79 Å². The lowest BCUT2D eigenvalue weighted by molar-refractivity contribution is -0.126. The van der Waals surface area contributed by atoms with Gasteiger partial charge in [0.25, 0.3) is 0 Å². The Morgan fingerprint density at radius 2 is 2.05 bits per heavy atom. The Balaban J connectivity index is 1.52. The van der Waals surface area contributed by atoms with Gasteiger partial charge in [0.2, 0.25) is 11.8 Å². The number of nitrogens with two attached hydrogens (primary N) is 1. The maximum absolute atomic E-state index is 12.0. The fourth-order valence-corrected chi connectivity index (χ4v) is 2.98. The van der Waals surface area contributed by atoms with E-state index in [4.69, 9.17) is 10.3 Å². The molecule has 2 aliphatic rings. The van der Waals surface area contributed by atoms with E-state index in [1.165, 1.54) is 6.42 Å². The molecule has 1 aromatic heterocycles. The van der Waals surface area contributed by atoms with Crippen LogP contribution >= 0.6 is 0 Å². The van der Waals surface area contributed by atoms with E-state index in [-0.39, 0.29) is 11.8 Å². The summed E-state index contributed by atoms with van der Waals surface area (Å²) in [5, 5.41) is 6.83. The molecule has 2 aliphatic carbocycles. The summed E-state index contributed by atoms with van der Waals surface area (Å²) in [4.78, 5) is 16.3. The zero-order chi connectivity index (χ0) is 14.0. The Bertz CT molecular complexity index is 475. The average Bonchev–Trinajstić information content (AvgIpc) is 2.92. The highest BCUT2D eigenvalue weighted by molar-refractivity contribution is 5.78. The first kappa shape index (κ1) is 13.5. The Hall–Kier alpha value is -1.43. The number of hydrogen-bond acceptors (Lipinski definition) is 5. The summed E-state index contributed by atoms with van der Waals surface area (Å²) in [5.74, 6) is 1.28. The molecule has 3 rings (SSSR count). The summed E-state index contributed by atoms with van der Waals surface area (Å²) < 4.78 is 5.17. The van der Waals surface area contributed by atoms with Gasteiger partial charge in [0.05, 0.1) is 12.1 Å². The number of amides is 1. The van der Waals surface area contributed by atoms with Crippen molar-refractivity contribution in [1.82, 2.24) is 15.5 Å². The molecule has 3 N–H and O–H groups in total. The van der Waals surface area contributed by atoms with Crippen LogP contribution in [0.4, 0.5) is 0 Å². The molecule has 0 atom stereocenters. The van der Waals surface area contributed by atoms with Crippen molar-refractivity contribution in [3.8, 4) is 0 Å². The van der Waals surface area contributed by atoms with Crippen LogP contribution in [0.2, 0.25) is 0 Å². The number of carbonyl (C=O) groups is 1. The molecule has 1 amide bonds. The highest BCUT2D eigenvalue weighted by atomic mass is 16.5. The van der Waals surface area contributed by atoms with Crippen LogP contribution in [-0.2, 0) is 16.9 Å². The fraction of sp³-hybridized carbons (Fsp3) is 0.786. The molecule has 1 aromatic rings. The van der Waals surface area contributed by atoms with Crippen LogP contribution < -0.4 is 11.1 Å². The molecule has 0 aliphatic heterocycles. The molecule has 2 saturated carbocycles. The van der Waals surface area contributed by atoms with E-state index in [0.717, 1.165) is 44.9 Å². The number of carbonyl (C=O) groups excluding carboxylic acids is 1. The molecule has 0 spiro atoms. The minimum Gasteiger partial charge on any atom is -0.347 e. The van der Waals surface area contributed by atoms with Crippen molar-refractivity contribution in [3.05, 3.63) is 11.7 Å². The third kappa shape index (κ3) is 2.70. The Labute approximate surface area is 118 Å². The van der Waals surface area contributed by atoms with Gasteiger partial charge in [-0.3, -0.25) is 4.79 Å². The second-order valence-corrected chi connectivity index (χ2v) is 6.07. The van der Waals surface area contributed by atoms with Crippen LogP contribution in [0.1, 0.15) is 63.1 Å². The van der Waals surface area contributed by atoms with Crippen molar-refractivity contribution in [2.75, 3.05) is 0 Å². The van der Waals surface area contributed by atoms with Gasteiger partial charge in [-0.25, -0.2) is 0 Å². The van der Waals surface area contributed by atoms with E-state index >= 15 is 0 Å². The van der Waals surface area contributed by atoms with Crippen LogP contribution in [-0.4, -0.2) is 16.0 Å². The molecule has 0 radical (unpaired) electrons. The Kier molecular flexibility index (Phi) is 3.74. The lowest BCUT2D eigenvalue weighted by atomic mass is 9.77. The molecule has 6 heteroatoms. The van der Waals surface area contributed by atoms with Gasteiger partial charge < -0.3 is 15.6 Å². The summed E-state index contributed by atoms with van der Waals surface area (Å²) in [6.07, 6.45) is 8.45. The SMILES string of the molecule is NC1(c2noc(CNC(=O)C3CCCCC3)n2)CCC1. The molecular formula is C14H22N4O2. The quantitative estimate of drug-likeness (QED) is 0.872. The number of rotatable bonds is 4. The van der Waals surface area contributed by atoms with Crippen molar-refractivity contribution < 1.29 is 9.32 Å².